The minimum atomic E-state index is 0.123. The fourth-order valence-electron chi connectivity index (χ4n) is 1.72. The molecule has 0 aliphatic heterocycles. The van der Waals surface area contributed by atoms with Crippen molar-refractivity contribution in [1.29, 1.82) is 0 Å². The molecule has 0 bridgehead atoms. The van der Waals surface area contributed by atoms with E-state index < -0.39 is 0 Å². The van der Waals surface area contributed by atoms with Gasteiger partial charge in [-0.05, 0) is 40.4 Å². The first-order chi connectivity index (χ1) is 7.98. The average Bonchev–Trinajstić information content (AvgIpc) is 2.28. The third-order valence-corrected chi connectivity index (χ3v) is 3.15. The van der Waals surface area contributed by atoms with Crippen LogP contribution in [0.3, 0.4) is 0 Å². The Labute approximate surface area is 113 Å². The highest BCUT2D eigenvalue weighted by molar-refractivity contribution is 9.10. The summed E-state index contributed by atoms with van der Waals surface area (Å²) in [4.78, 5) is 6.58. The molecule has 0 aliphatic carbocycles. The van der Waals surface area contributed by atoms with Crippen molar-refractivity contribution in [2.45, 2.75) is 27.2 Å². The van der Waals surface area contributed by atoms with Crippen LogP contribution in [0.25, 0.3) is 0 Å². The number of aromatic nitrogens is 1. The third-order valence-electron chi connectivity index (χ3n) is 2.72. The number of hydrogen-bond acceptors (Lipinski definition) is 3. The summed E-state index contributed by atoms with van der Waals surface area (Å²) in [5, 5.41) is 0. The molecule has 0 spiro atoms. The summed E-state index contributed by atoms with van der Waals surface area (Å²) >= 11 is 3.46. The maximum Gasteiger partial charge on any atom is 0.0564 e. The zero-order valence-electron chi connectivity index (χ0n) is 10.9. The Kier molecular flexibility index (Phi) is 5.40. The lowest BCUT2D eigenvalue weighted by molar-refractivity contribution is 0.377. The largest absolute Gasteiger partial charge is 0.370 e. The lowest BCUT2D eigenvalue weighted by Gasteiger charge is -2.33. The van der Waals surface area contributed by atoms with Gasteiger partial charge in [0, 0.05) is 23.8 Å². The molecule has 0 amide bonds. The Balaban J connectivity index is 2.85. The minimum absolute atomic E-state index is 0.123. The van der Waals surface area contributed by atoms with Crippen LogP contribution >= 0.6 is 15.9 Å². The van der Waals surface area contributed by atoms with Crippen LogP contribution in [0.4, 0.5) is 5.69 Å². The standard InChI is InChI=1S/C13H22BrN3/c1-4-5-17(10-13(2,3)9-15)12-6-11(14)7-16-8-12/h6-8H,4-5,9-10,15H2,1-3H3. The smallest absolute Gasteiger partial charge is 0.0564 e. The van der Waals surface area contributed by atoms with E-state index in [1.54, 1.807) is 0 Å². The summed E-state index contributed by atoms with van der Waals surface area (Å²) in [6.07, 6.45) is 4.84. The first-order valence-corrected chi connectivity index (χ1v) is 6.83. The van der Waals surface area contributed by atoms with E-state index in [-0.39, 0.29) is 5.41 Å². The van der Waals surface area contributed by atoms with Crippen LogP contribution in [0.1, 0.15) is 27.2 Å². The van der Waals surface area contributed by atoms with E-state index in [4.69, 9.17) is 5.73 Å². The van der Waals surface area contributed by atoms with E-state index in [1.807, 2.05) is 12.4 Å². The Morgan fingerprint density at radius 3 is 2.65 bits per heavy atom. The van der Waals surface area contributed by atoms with E-state index in [2.05, 4.69) is 52.7 Å². The molecule has 0 saturated carbocycles. The van der Waals surface area contributed by atoms with Crippen LogP contribution in [0.2, 0.25) is 0 Å². The van der Waals surface area contributed by atoms with Crippen LogP contribution in [0.5, 0.6) is 0 Å². The van der Waals surface area contributed by atoms with Gasteiger partial charge in [0.05, 0.1) is 11.9 Å². The second kappa shape index (κ2) is 6.36. The van der Waals surface area contributed by atoms with E-state index in [0.717, 1.165) is 29.7 Å². The molecule has 0 radical (unpaired) electrons. The van der Waals surface area contributed by atoms with Crippen LogP contribution in [-0.2, 0) is 0 Å². The molecule has 1 aromatic heterocycles. The van der Waals surface area contributed by atoms with E-state index in [0.29, 0.717) is 6.54 Å². The summed E-state index contributed by atoms with van der Waals surface area (Å²) in [6.45, 7) is 9.25. The van der Waals surface area contributed by atoms with Gasteiger partial charge in [-0.3, -0.25) is 4.98 Å². The zero-order chi connectivity index (χ0) is 12.9. The normalized spacial score (nSPS) is 11.6. The summed E-state index contributed by atoms with van der Waals surface area (Å²) in [5.74, 6) is 0. The van der Waals surface area contributed by atoms with E-state index in [1.165, 1.54) is 0 Å². The molecule has 1 heterocycles. The monoisotopic (exact) mass is 299 g/mol. The Hall–Kier alpha value is -0.610. The summed E-state index contributed by atoms with van der Waals surface area (Å²) < 4.78 is 1.02. The van der Waals surface area contributed by atoms with Crippen molar-refractivity contribution in [3.63, 3.8) is 0 Å². The lowest BCUT2D eigenvalue weighted by atomic mass is 9.93. The molecule has 1 rings (SSSR count). The van der Waals surface area contributed by atoms with Gasteiger partial charge in [-0.1, -0.05) is 20.8 Å². The van der Waals surface area contributed by atoms with Gasteiger partial charge in [-0.25, -0.2) is 0 Å². The molecule has 0 fully saturated rings. The maximum absolute atomic E-state index is 5.81. The highest BCUT2D eigenvalue weighted by Crippen LogP contribution is 2.23. The number of nitrogens with zero attached hydrogens (tertiary/aromatic N) is 2. The fraction of sp³-hybridized carbons (Fsp3) is 0.615. The molecule has 0 saturated heterocycles. The second-order valence-corrected chi connectivity index (χ2v) is 6.07. The first kappa shape index (κ1) is 14.5. The zero-order valence-corrected chi connectivity index (χ0v) is 12.5. The number of nitrogens with two attached hydrogens (primary N) is 1. The molecule has 0 aliphatic rings. The Bertz CT molecular complexity index is 352. The molecule has 0 aromatic carbocycles. The van der Waals surface area contributed by atoms with Crippen molar-refractivity contribution in [3.05, 3.63) is 22.9 Å². The van der Waals surface area contributed by atoms with Crippen LogP contribution in [0, 0.1) is 5.41 Å². The Morgan fingerprint density at radius 2 is 2.12 bits per heavy atom. The molecule has 0 unspecified atom stereocenters. The highest BCUT2D eigenvalue weighted by Gasteiger charge is 2.20. The van der Waals surface area contributed by atoms with Crippen molar-refractivity contribution < 1.29 is 0 Å². The number of pyridine rings is 1. The molecule has 2 N–H and O–H groups in total. The number of rotatable bonds is 6. The molecule has 0 atom stereocenters. The topological polar surface area (TPSA) is 42.1 Å². The first-order valence-electron chi connectivity index (χ1n) is 6.04. The average molecular weight is 300 g/mol. The summed E-state index contributed by atoms with van der Waals surface area (Å²) in [6, 6.07) is 2.11. The highest BCUT2D eigenvalue weighted by atomic mass is 79.9. The maximum atomic E-state index is 5.81. The van der Waals surface area contributed by atoms with Gasteiger partial charge in [0.2, 0.25) is 0 Å². The third kappa shape index (κ3) is 4.64. The molecular weight excluding hydrogens is 278 g/mol. The van der Waals surface area contributed by atoms with Gasteiger partial charge in [0.25, 0.3) is 0 Å². The summed E-state index contributed by atoms with van der Waals surface area (Å²) in [5.41, 5.74) is 7.09. The van der Waals surface area contributed by atoms with Crippen molar-refractivity contribution in [1.82, 2.24) is 4.98 Å². The molecule has 3 nitrogen and oxygen atoms in total. The van der Waals surface area contributed by atoms with Gasteiger partial charge >= 0.3 is 0 Å². The minimum Gasteiger partial charge on any atom is -0.370 e. The van der Waals surface area contributed by atoms with Crippen molar-refractivity contribution in [3.8, 4) is 0 Å². The van der Waals surface area contributed by atoms with Crippen molar-refractivity contribution in [2.75, 3.05) is 24.5 Å². The van der Waals surface area contributed by atoms with E-state index >= 15 is 0 Å². The second-order valence-electron chi connectivity index (χ2n) is 5.15. The summed E-state index contributed by atoms with van der Waals surface area (Å²) in [7, 11) is 0. The van der Waals surface area contributed by atoms with Crippen LogP contribution in [-0.4, -0.2) is 24.6 Å². The molecule has 1 aromatic rings. The van der Waals surface area contributed by atoms with Gasteiger partial charge < -0.3 is 10.6 Å². The van der Waals surface area contributed by atoms with Gasteiger partial charge in [-0.2, -0.15) is 0 Å². The van der Waals surface area contributed by atoms with Crippen LogP contribution in [0.15, 0.2) is 22.9 Å². The lowest BCUT2D eigenvalue weighted by Crippen LogP contribution is -2.39. The number of anilines is 1. The quantitative estimate of drug-likeness (QED) is 0.878. The molecule has 4 heteroatoms. The van der Waals surface area contributed by atoms with Crippen LogP contribution < -0.4 is 10.6 Å². The molecular formula is C13H22BrN3. The van der Waals surface area contributed by atoms with Gasteiger partial charge in [-0.15, -0.1) is 0 Å². The Morgan fingerprint density at radius 1 is 1.41 bits per heavy atom. The van der Waals surface area contributed by atoms with Crippen molar-refractivity contribution in [2.24, 2.45) is 11.1 Å². The van der Waals surface area contributed by atoms with Gasteiger partial charge in [0.15, 0.2) is 0 Å². The molecule has 17 heavy (non-hydrogen) atoms. The molecule has 96 valence electrons. The SMILES string of the molecule is CCCN(CC(C)(C)CN)c1cncc(Br)c1. The number of halogens is 1. The predicted octanol–water partition coefficient (Wildman–Crippen LogP) is 3.05. The fourth-order valence-corrected chi connectivity index (χ4v) is 2.08. The predicted molar refractivity (Wildman–Crippen MR) is 77.3 cm³/mol. The van der Waals surface area contributed by atoms with Crippen molar-refractivity contribution >= 4 is 21.6 Å². The number of hydrogen-bond donors (Lipinski definition) is 1. The van der Waals surface area contributed by atoms with E-state index in [9.17, 15) is 0 Å². The van der Waals surface area contributed by atoms with Gasteiger partial charge in [0.1, 0.15) is 0 Å².